The van der Waals surface area contributed by atoms with Crippen LogP contribution in [-0.2, 0) is 4.74 Å². The quantitative estimate of drug-likeness (QED) is 0.824. The van der Waals surface area contributed by atoms with E-state index in [0.29, 0.717) is 0 Å². The number of nitrogens with one attached hydrogen (secondary N) is 1. The van der Waals surface area contributed by atoms with Gasteiger partial charge in [0.25, 0.3) is 0 Å². The zero-order valence-corrected chi connectivity index (χ0v) is 9.11. The van der Waals surface area contributed by atoms with E-state index in [9.17, 15) is 0 Å². The zero-order chi connectivity index (χ0) is 8.55. The Morgan fingerprint density at radius 1 is 1.75 bits per heavy atom. The van der Waals surface area contributed by atoms with Gasteiger partial charge in [0.1, 0.15) is 12.3 Å². The molecule has 1 saturated heterocycles. The minimum Gasteiger partial charge on any atom is -0.354 e. The minimum atomic E-state index is 0.191. The monoisotopic (exact) mass is 247 g/mol. The summed E-state index contributed by atoms with van der Waals surface area (Å²) in [6.45, 7) is 2.96. The maximum atomic E-state index is 5.64. The van der Waals surface area contributed by atoms with Gasteiger partial charge in [0.05, 0.1) is 0 Å². The van der Waals surface area contributed by atoms with Gasteiger partial charge in [-0.25, -0.2) is 0 Å². The molecule has 0 radical (unpaired) electrons. The maximum Gasteiger partial charge on any atom is 0.106 e. The topological polar surface area (TPSA) is 21.3 Å². The number of hydrogen-bond donors (Lipinski definition) is 1. The molecule has 1 N–H and O–H groups in total. The van der Waals surface area contributed by atoms with Gasteiger partial charge in [-0.1, -0.05) is 0 Å². The van der Waals surface area contributed by atoms with Crippen molar-refractivity contribution in [3.63, 3.8) is 0 Å². The van der Waals surface area contributed by atoms with E-state index in [0.717, 1.165) is 11.0 Å². The highest BCUT2D eigenvalue weighted by Crippen LogP contribution is 2.30. The molecule has 0 aromatic carbocycles. The van der Waals surface area contributed by atoms with Crippen LogP contribution in [0.1, 0.15) is 17.9 Å². The fraction of sp³-hybridized carbons (Fsp3) is 0.500. The van der Waals surface area contributed by atoms with Gasteiger partial charge < -0.3 is 4.74 Å². The molecule has 1 aliphatic heterocycles. The van der Waals surface area contributed by atoms with Crippen molar-refractivity contribution >= 4 is 27.3 Å². The molecule has 66 valence electrons. The third kappa shape index (κ3) is 1.71. The van der Waals surface area contributed by atoms with Gasteiger partial charge in [0, 0.05) is 21.3 Å². The molecule has 2 unspecified atom stereocenters. The second-order valence-corrected chi connectivity index (χ2v) is 4.70. The Morgan fingerprint density at radius 3 is 3.08 bits per heavy atom. The van der Waals surface area contributed by atoms with E-state index < -0.39 is 0 Å². The van der Waals surface area contributed by atoms with Gasteiger partial charge in [-0.2, -0.15) is 0 Å². The third-order valence-corrected chi connectivity index (χ3v) is 3.65. The lowest BCUT2D eigenvalue weighted by molar-refractivity contribution is 0.0548. The Kier molecular flexibility index (Phi) is 2.50. The van der Waals surface area contributed by atoms with Gasteiger partial charge in [-0.05, 0) is 28.9 Å². The molecule has 2 atom stereocenters. The van der Waals surface area contributed by atoms with E-state index in [1.165, 1.54) is 4.88 Å². The van der Waals surface area contributed by atoms with E-state index in [4.69, 9.17) is 4.74 Å². The van der Waals surface area contributed by atoms with Crippen molar-refractivity contribution in [1.82, 2.24) is 5.32 Å². The summed E-state index contributed by atoms with van der Waals surface area (Å²) in [4.78, 5) is 1.29. The first-order chi connectivity index (χ1) is 5.75. The fourth-order valence-corrected chi connectivity index (χ4v) is 2.76. The number of hydrogen-bond acceptors (Lipinski definition) is 3. The Hall–Kier alpha value is 0.1000. The summed E-state index contributed by atoms with van der Waals surface area (Å²) in [5, 5.41) is 5.33. The summed E-state index contributed by atoms with van der Waals surface area (Å²) in [5.74, 6) is 0. The lowest BCUT2D eigenvalue weighted by Gasteiger charge is -2.05. The first kappa shape index (κ1) is 8.69. The molecule has 0 spiro atoms. The number of rotatable bonds is 1. The van der Waals surface area contributed by atoms with Gasteiger partial charge in [-0.15, -0.1) is 11.3 Å². The molecule has 0 bridgehead atoms. The second kappa shape index (κ2) is 3.46. The van der Waals surface area contributed by atoms with Crippen molar-refractivity contribution in [1.29, 1.82) is 0 Å². The highest BCUT2D eigenvalue weighted by atomic mass is 79.9. The lowest BCUT2D eigenvalue weighted by atomic mass is 10.3. The SMILES string of the molecule is CC1NCC(c2cc(Br)cs2)O1. The van der Waals surface area contributed by atoms with Crippen molar-refractivity contribution in [2.45, 2.75) is 19.3 Å². The molecular formula is C8H10BrNOS. The van der Waals surface area contributed by atoms with Crippen LogP contribution in [0.25, 0.3) is 0 Å². The van der Waals surface area contributed by atoms with Crippen LogP contribution in [0.15, 0.2) is 15.9 Å². The molecule has 1 fully saturated rings. The van der Waals surface area contributed by atoms with E-state index in [1.54, 1.807) is 11.3 Å². The summed E-state index contributed by atoms with van der Waals surface area (Å²) in [5.41, 5.74) is 0. The van der Waals surface area contributed by atoms with E-state index >= 15 is 0 Å². The summed E-state index contributed by atoms with van der Waals surface area (Å²) in [6.07, 6.45) is 0.437. The van der Waals surface area contributed by atoms with Crippen molar-refractivity contribution < 1.29 is 4.74 Å². The zero-order valence-electron chi connectivity index (χ0n) is 6.71. The smallest absolute Gasteiger partial charge is 0.106 e. The van der Waals surface area contributed by atoms with Crippen LogP contribution < -0.4 is 5.32 Å². The van der Waals surface area contributed by atoms with Crippen molar-refractivity contribution in [2.24, 2.45) is 0 Å². The molecule has 0 saturated carbocycles. The third-order valence-electron chi connectivity index (χ3n) is 1.86. The highest BCUT2D eigenvalue weighted by Gasteiger charge is 2.23. The van der Waals surface area contributed by atoms with Crippen LogP contribution in [-0.4, -0.2) is 12.8 Å². The lowest BCUT2D eigenvalue weighted by Crippen LogP contribution is -2.17. The standard InChI is InChI=1S/C8H10BrNOS/c1-5-10-3-7(11-5)8-2-6(9)4-12-8/h2,4-5,7,10H,3H2,1H3. The molecule has 0 aliphatic carbocycles. The Bertz CT molecular complexity index is 276. The molecule has 12 heavy (non-hydrogen) atoms. The Labute approximate surface area is 84.1 Å². The van der Waals surface area contributed by atoms with Crippen molar-refractivity contribution in [3.05, 3.63) is 20.8 Å². The molecule has 2 heterocycles. The van der Waals surface area contributed by atoms with Gasteiger partial charge >= 0.3 is 0 Å². The van der Waals surface area contributed by atoms with E-state index in [-0.39, 0.29) is 12.3 Å². The molecule has 0 amide bonds. The summed E-state index contributed by atoms with van der Waals surface area (Å²) in [7, 11) is 0. The summed E-state index contributed by atoms with van der Waals surface area (Å²) in [6, 6.07) is 2.12. The number of thiophene rings is 1. The molecule has 1 aliphatic rings. The maximum absolute atomic E-state index is 5.64. The summed E-state index contributed by atoms with van der Waals surface area (Å²) >= 11 is 5.17. The summed E-state index contributed by atoms with van der Waals surface area (Å²) < 4.78 is 6.78. The van der Waals surface area contributed by atoms with Crippen LogP contribution in [0.2, 0.25) is 0 Å². The molecule has 2 nitrogen and oxygen atoms in total. The van der Waals surface area contributed by atoms with Crippen LogP contribution in [0.5, 0.6) is 0 Å². The largest absolute Gasteiger partial charge is 0.354 e. The van der Waals surface area contributed by atoms with Gasteiger partial charge in [0.2, 0.25) is 0 Å². The number of ether oxygens (including phenoxy) is 1. The van der Waals surface area contributed by atoms with Crippen LogP contribution in [0.4, 0.5) is 0 Å². The molecule has 1 aromatic heterocycles. The molecule has 2 rings (SSSR count). The normalized spacial score (nSPS) is 29.5. The average molecular weight is 248 g/mol. The van der Waals surface area contributed by atoms with Gasteiger partial charge in [0.15, 0.2) is 0 Å². The van der Waals surface area contributed by atoms with E-state index in [2.05, 4.69) is 32.7 Å². The predicted molar refractivity (Wildman–Crippen MR) is 53.3 cm³/mol. The van der Waals surface area contributed by atoms with Crippen molar-refractivity contribution in [2.75, 3.05) is 6.54 Å². The van der Waals surface area contributed by atoms with Gasteiger partial charge in [-0.3, -0.25) is 5.32 Å². The van der Waals surface area contributed by atoms with Crippen LogP contribution >= 0.6 is 27.3 Å². The molecule has 1 aromatic rings. The molecule has 4 heteroatoms. The number of halogens is 1. The second-order valence-electron chi connectivity index (χ2n) is 2.84. The first-order valence-electron chi connectivity index (χ1n) is 3.88. The van der Waals surface area contributed by atoms with E-state index in [1.807, 2.05) is 6.92 Å². The Morgan fingerprint density at radius 2 is 2.58 bits per heavy atom. The van der Waals surface area contributed by atoms with Crippen LogP contribution in [0, 0.1) is 0 Å². The van der Waals surface area contributed by atoms with Crippen LogP contribution in [0.3, 0.4) is 0 Å². The Balaban J connectivity index is 2.11. The van der Waals surface area contributed by atoms with Crippen molar-refractivity contribution in [3.8, 4) is 0 Å². The minimum absolute atomic E-state index is 0.191. The first-order valence-corrected chi connectivity index (χ1v) is 5.56. The average Bonchev–Trinajstić information content (AvgIpc) is 2.58. The highest BCUT2D eigenvalue weighted by molar-refractivity contribution is 9.10. The fourth-order valence-electron chi connectivity index (χ4n) is 1.28. The molecular weight excluding hydrogens is 238 g/mol. The predicted octanol–water partition coefficient (Wildman–Crippen LogP) is 2.52.